The average Bonchev–Trinajstić information content (AvgIpc) is 2.54. The summed E-state index contributed by atoms with van der Waals surface area (Å²) in [5.74, 6) is 1.21. The van der Waals surface area contributed by atoms with Gasteiger partial charge in [0.2, 0.25) is 0 Å². The topological polar surface area (TPSA) is 43.8 Å². The Morgan fingerprint density at radius 3 is 3.15 bits per heavy atom. The lowest BCUT2D eigenvalue weighted by Crippen LogP contribution is -2.08. The molecule has 13 heavy (non-hydrogen) atoms. The van der Waals surface area contributed by atoms with Crippen LogP contribution in [0, 0.1) is 0 Å². The van der Waals surface area contributed by atoms with E-state index in [-0.39, 0.29) is 0 Å². The highest BCUT2D eigenvalue weighted by molar-refractivity contribution is 7.98. The highest BCUT2D eigenvalue weighted by Gasteiger charge is 1.99. The van der Waals surface area contributed by atoms with Gasteiger partial charge in [-0.25, -0.2) is 4.98 Å². The monoisotopic (exact) mass is 199 g/mol. The molecule has 0 amide bonds. The van der Waals surface area contributed by atoms with Crippen molar-refractivity contribution in [3.05, 3.63) is 18.2 Å². The van der Waals surface area contributed by atoms with E-state index in [1.165, 1.54) is 17.9 Å². The maximum atomic E-state index is 5.50. The van der Waals surface area contributed by atoms with Crippen LogP contribution < -0.4 is 5.73 Å². The Morgan fingerprint density at radius 2 is 2.46 bits per heavy atom. The van der Waals surface area contributed by atoms with Crippen molar-refractivity contribution in [2.45, 2.75) is 19.4 Å². The molecule has 1 heterocycles. The van der Waals surface area contributed by atoms with E-state index in [1.54, 1.807) is 0 Å². The maximum Gasteiger partial charge on any atom is 0.0948 e. The second-order valence-electron chi connectivity index (χ2n) is 2.96. The molecule has 0 unspecified atom stereocenters. The predicted octanol–water partition coefficient (Wildman–Crippen LogP) is 1.14. The molecule has 0 aliphatic heterocycles. The fourth-order valence-electron chi connectivity index (χ4n) is 1.28. The second kappa shape index (κ2) is 6.05. The Hall–Kier alpha value is -0.480. The van der Waals surface area contributed by atoms with Crippen molar-refractivity contribution in [3.63, 3.8) is 0 Å². The number of hydrogen-bond donors (Lipinski definition) is 1. The fraction of sp³-hybridized carbons (Fsp3) is 0.667. The summed E-state index contributed by atoms with van der Waals surface area (Å²) in [6, 6.07) is 0. The summed E-state index contributed by atoms with van der Waals surface area (Å²) in [5.41, 5.74) is 6.75. The lowest BCUT2D eigenvalue weighted by atomic mass is 10.3. The maximum absolute atomic E-state index is 5.50. The van der Waals surface area contributed by atoms with Gasteiger partial charge in [0.15, 0.2) is 0 Å². The standard InChI is InChI=1S/C9H17N3S/c1-13-6-2-5-12-8-11-7-9(12)3-4-10/h7-8H,2-6,10H2,1H3. The Kier molecular flexibility index (Phi) is 4.93. The molecule has 1 aromatic rings. The molecule has 0 saturated heterocycles. The number of rotatable bonds is 6. The number of aryl methyl sites for hydroxylation is 1. The van der Waals surface area contributed by atoms with E-state index in [2.05, 4.69) is 15.8 Å². The van der Waals surface area contributed by atoms with Crippen LogP contribution in [0.15, 0.2) is 12.5 Å². The van der Waals surface area contributed by atoms with E-state index in [9.17, 15) is 0 Å². The van der Waals surface area contributed by atoms with Crippen LogP contribution in [0.25, 0.3) is 0 Å². The first kappa shape index (κ1) is 10.6. The van der Waals surface area contributed by atoms with Crippen LogP contribution in [-0.4, -0.2) is 28.1 Å². The molecule has 0 aliphatic rings. The molecule has 3 nitrogen and oxygen atoms in total. The van der Waals surface area contributed by atoms with Gasteiger partial charge < -0.3 is 10.3 Å². The summed E-state index contributed by atoms with van der Waals surface area (Å²) >= 11 is 1.88. The molecule has 0 radical (unpaired) electrons. The van der Waals surface area contributed by atoms with Gasteiger partial charge >= 0.3 is 0 Å². The van der Waals surface area contributed by atoms with E-state index in [1.807, 2.05) is 24.3 Å². The summed E-state index contributed by atoms with van der Waals surface area (Å²) in [4.78, 5) is 4.12. The molecule has 2 N–H and O–H groups in total. The van der Waals surface area contributed by atoms with E-state index in [0.717, 1.165) is 13.0 Å². The van der Waals surface area contributed by atoms with E-state index in [4.69, 9.17) is 5.73 Å². The first-order chi connectivity index (χ1) is 6.38. The van der Waals surface area contributed by atoms with Crippen molar-refractivity contribution in [1.82, 2.24) is 9.55 Å². The van der Waals surface area contributed by atoms with Crippen molar-refractivity contribution in [2.75, 3.05) is 18.6 Å². The van der Waals surface area contributed by atoms with Gasteiger partial charge in [0.25, 0.3) is 0 Å². The SMILES string of the molecule is CSCCCn1cncc1CCN. The highest BCUT2D eigenvalue weighted by atomic mass is 32.2. The van der Waals surface area contributed by atoms with E-state index >= 15 is 0 Å². The summed E-state index contributed by atoms with van der Waals surface area (Å²) < 4.78 is 2.20. The third-order valence-electron chi connectivity index (χ3n) is 1.95. The van der Waals surface area contributed by atoms with Crippen LogP contribution in [0.4, 0.5) is 0 Å². The zero-order valence-electron chi connectivity index (χ0n) is 8.07. The first-order valence-electron chi connectivity index (χ1n) is 4.56. The normalized spacial score (nSPS) is 10.6. The molecular weight excluding hydrogens is 182 g/mol. The molecule has 0 saturated carbocycles. The largest absolute Gasteiger partial charge is 0.335 e. The zero-order valence-corrected chi connectivity index (χ0v) is 8.89. The van der Waals surface area contributed by atoms with Crippen LogP contribution in [0.1, 0.15) is 12.1 Å². The predicted molar refractivity (Wildman–Crippen MR) is 58.0 cm³/mol. The van der Waals surface area contributed by atoms with Crippen LogP contribution in [0.2, 0.25) is 0 Å². The first-order valence-corrected chi connectivity index (χ1v) is 5.96. The molecular formula is C9H17N3S. The highest BCUT2D eigenvalue weighted by Crippen LogP contribution is 2.03. The third-order valence-corrected chi connectivity index (χ3v) is 2.64. The van der Waals surface area contributed by atoms with Crippen LogP contribution in [0.3, 0.4) is 0 Å². The Labute approximate surface area is 83.7 Å². The molecule has 0 aromatic carbocycles. The van der Waals surface area contributed by atoms with E-state index in [0.29, 0.717) is 6.54 Å². The fourth-order valence-corrected chi connectivity index (χ4v) is 1.70. The van der Waals surface area contributed by atoms with Gasteiger partial charge in [0.1, 0.15) is 0 Å². The van der Waals surface area contributed by atoms with Crippen molar-refractivity contribution < 1.29 is 0 Å². The number of thioether (sulfide) groups is 1. The molecule has 4 heteroatoms. The second-order valence-corrected chi connectivity index (χ2v) is 3.95. The number of aromatic nitrogens is 2. The van der Waals surface area contributed by atoms with Crippen LogP contribution in [0.5, 0.6) is 0 Å². The van der Waals surface area contributed by atoms with Crippen molar-refractivity contribution in [1.29, 1.82) is 0 Å². The lowest BCUT2D eigenvalue weighted by molar-refractivity contribution is 0.648. The van der Waals surface area contributed by atoms with Crippen LogP contribution in [-0.2, 0) is 13.0 Å². The molecule has 1 rings (SSSR count). The summed E-state index contributed by atoms with van der Waals surface area (Å²) in [6.07, 6.45) is 8.07. The smallest absolute Gasteiger partial charge is 0.0948 e. The van der Waals surface area contributed by atoms with Gasteiger partial charge in [-0.1, -0.05) is 0 Å². The summed E-state index contributed by atoms with van der Waals surface area (Å²) in [6.45, 7) is 1.77. The number of hydrogen-bond acceptors (Lipinski definition) is 3. The minimum Gasteiger partial charge on any atom is -0.335 e. The van der Waals surface area contributed by atoms with Crippen LogP contribution >= 0.6 is 11.8 Å². The summed E-state index contributed by atoms with van der Waals surface area (Å²) in [7, 11) is 0. The Bertz CT molecular complexity index is 235. The molecule has 1 aromatic heterocycles. The van der Waals surface area contributed by atoms with Gasteiger partial charge in [-0.05, 0) is 25.0 Å². The molecule has 0 atom stereocenters. The Morgan fingerprint density at radius 1 is 1.62 bits per heavy atom. The van der Waals surface area contributed by atoms with Gasteiger partial charge in [-0.15, -0.1) is 0 Å². The quantitative estimate of drug-likeness (QED) is 0.699. The Balaban J connectivity index is 2.40. The molecule has 74 valence electrons. The molecule has 0 spiro atoms. The van der Waals surface area contributed by atoms with Gasteiger partial charge in [0, 0.05) is 24.9 Å². The number of imidazole rings is 1. The van der Waals surface area contributed by atoms with Gasteiger partial charge in [-0.3, -0.25) is 0 Å². The molecule has 0 aliphatic carbocycles. The number of nitrogens with two attached hydrogens (primary N) is 1. The van der Waals surface area contributed by atoms with Crippen molar-refractivity contribution in [2.24, 2.45) is 5.73 Å². The minimum atomic E-state index is 0.703. The summed E-state index contributed by atoms with van der Waals surface area (Å²) in [5, 5.41) is 0. The molecule has 0 fully saturated rings. The lowest BCUT2D eigenvalue weighted by Gasteiger charge is -2.05. The van der Waals surface area contributed by atoms with E-state index < -0.39 is 0 Å². The van der Waals surface area contributed by atoms with Gasteiger partial charge in [0.05, 0.1) is 6.33 Å². The minimum absolute atomic E-state index is 0.703. The van der Waals surface area contributed by atoms with Gasteiger partial charge in [-0.2, -0.15) is 11.8 Å². The third kappa shape index (κ3) is 3.40. The van der Waals surface area contributed by atoms with Crippen molar-refractivity contribution in [3.8, 4) is 0 Å². The average molecular weight is 199 g/mol. The molecule has 0 bridgehead atoms. The number of nitrogens with zero attached hydrogens (tertiary/aromatic N) is 2. The van der Waals surface area contributed by atoms with Crippen molar-refractivity contribution >= 4 is 11.8 Å². The zero-order chi connectivity index (χ0) is 9.52.